The molecule has 3 heteroatoms. The van der Waals surface area contributed by atoms with Crippen LogP contribution in [0, 0.1) is 6.92 Å². The van der Waals surface area contributed by atoms with E-state index >= 15 is 0 Å². The molecule has 0 fully saturated rings. The summed E-state index contributed by atoms with van der Waals surface area (Å²) < 4.78 is 5.58. The van der Waals surface area contributed by atoms with E-state index in [1.54, 1.807) is 6.07 Å². The molecule has 1 atom stereocenters. The third kappa shape index (κ3) is 3.00. The molecule has 2 rings (SSSR count). The van der Waals surface area contributed by atoms with E-state index in [4.69, 9.17) is 9.52 Å². The minimum absolute atomic E-state index is 0.149. The number of aliphatic hydroxyl groups is 2. The second kappa shape index (κ2) is 5.85. The summed E-state index contributed by atoms with van der Waals surface area (Å²) in [6, 6.07) is 11.4. The van der Waals surface area contributed by atoms with Crippen molar-refractivity contribution in [3.63, 3.8) is 0 Å². The Morgan fingerprint density at radius 2 is 2.06 bits per heavy atom. The number of aryl methyl sites for hydroxylation is 2. The molecule has 0 aliphatic heterocycles. The van der Waals surface area contributed by atoms with Crippen molar-refractivity contribution in [2.45, 2.75) is 25.9 Å². The highest BCUT2D eigenvalue weighted by Gasteiger charge is 2.14. The van der Waals surface area contributed by atoms with Crippen molar-refractivity contribution in [1.82, 2.24) is 0 Å². The molecule has 0 aliphatic carbocycles. The summed E-state index contributed by atoms with van der Waals surface area (Å²) in [7, 11) is 0. The molecular weight excluding hydrogens is 228 g/mol. The van der Waals surface area contributed by atoms with Gasteiger partial charge in [0.25, 0.3) is 0 Å². The number of rotatable bonds is 5. The summed E-state index contributed by atoms with van der Waals surface area (Å²) in [6.07, 6.45) is 0.637. The van der Waals surface area contributed by atoms with Crippen molar-refractivity contribution in [2.75, 3.05) is 6.61 Å². The summed E-state index contributed by atoms with van der Waals surface area (Å²) in [6.45, 7) is 2.14. The fourth-order valence-corrected chi connectivity index (χ4v) is 1.93. The lowest BCUT2D eigenvalue weighted by Crippen LogP contribution is -1.98. The van der Waals surface area contributed by atoms with Crippen LogP contribution in [-0.4, -0.2) is 16.8 Å². The van der Waals surface area contributed by atoms with Gasteiger partial charge in [-0.3, -0.25) is 0 Å². The number of hydrogen-bond donors (Lipinski definition) is 2. The first-order valence-electron chi connectivity index (χ1n) is 6.15. The normalized spacial score (nSPS) is 12.6. The Bertz CT molecular complexity index is 502. The second-order valence-electron chi connectivity index (χ2n) is 4.45. The lowest BCUT2D eigenvalue weighted by atomic mass is 10.1. The van der Waals surface area contributed by atoms with Gasteiger partial charge in [-0.05, 0) is 31.0 Å². The molecule has 1 aromatic carbocycles. The predicted molar refractivity (Wildman–Crippen MR) is 69.4 cm³/mol. The standard InChI is InChI=1S/C15H18O3/c1-11-4-2-5-12(10-11)15(17)14-8-7-13(18-14)6-3-9-16/h2,4-5,7-8,10,15-17H,3,6,9H2,1H3. The highest BCUT2D eigenvalue weighted by molar-refractivity contribution is 5.29. The summed E-state index contributed by atoms with van der Waals surface area (Å²) >= 11 is 0. The molecule has 0 amide bonds. The average molecular weight is 246 g/mol. The van der Waals surface area contributed by atoms with Crippen molar-refractivity contribution in [3.05, 3.63) is 59.0 Å². The lowest BCUT2D eigenvalue weighted by molar-refractivity contribution is 0.186. The Labute approximate surface area is 107 Å². The molecule has 0 aliphatic rings. The van der Waals surface area contributed by atoms with Crippen LogP contribution in [0.25, 0.3) is 0 Å². The molecule has 0 bridgehead atoms. The smallest absolute Gasteiger partial charge is 0.137 e. The third-order valence-corrected chi connectivity index (χ3v) is 2.89. The molecule has 2 N–H and O–H groups in total. The van der Waals surface area contributed by atoms with Gasteiger partial charge in [0.2, 0.25) is 0 Å². The summed E-state index contributed by atoms with van der Waals surface area (Å²) in [4.78, 5) is 0. The Hall–Kier alpha value is -1.58. The maximum atomic E-state index is 10.2. The summed E-state index contributed by atoms with van der Waals surface area (Å²) in [5, 5.41) is 19.0. The maximum absolute atomic E-state index is 10.2. The summed E-state index contributed by atoms with van der Waals surface area (Å²) in [5.74, 6) is 1.35. The first-order valence-corrected chi connectivity index (χ1v) is 6.15. The highest BCUT2D eigenvalue weighted by Crippen LogP contribution is 2.24. The van der Waals surface area contributed by atoms with E-state index in [-0.39, 0.29) is 6.61 Å². The van der Waals surface area contributed by atoms with E-state index in [0.717, 1.165) is 16.9 Å². The third-order valence-electron chi connectivity index (χ3n) is 2.89. The predicted octanol–water partition coefficient (Wildman–Crippen LogP) is 2.59. The van der Waals surface area contributed by atoms with Gasteiger partial charge >= 0.3 is 0 Å². The van der Waals surface area contributed by atoms with Gasteiger partial charge < -0.3 is 14.6 Å². The maximum Gasteiger partial charge on any atom is 0.137 e. The minimum Gasteiger partial charge on any atom is -0.463 e. The number of benzene rings is 1. The Morgan fingerprint density at radius 3 is 2.78 bits per heavy atom. The molecule has 0 saturated heterocycles. The van der Waals surface area contributed by atoms with E-state index in [2.05, 4.69) is 0 Å². The molecule has 1 heterocycles. The number of hydrogen-bond acceptors (Lipinski definition) is 3. The van der Waals surface area contributed by atoms with Crippen LogP contribution in [0.3, 0.4) is 0 Å². The monoisotopic (exact) mass is 246 g/mol. The van der Waals surface area contributed by atoms with Crippen LogP contribution >= 0.6 is 0 Å². The fraction of sp³-hybridized carbons (Fsp3) is 0.333. The van der Waals surface area contributed by atoms with Crippen molar-refractivity contribution in [2.24, 2.45) is 0 Å². The van der Waals surface area contributed by atoms with Gasteiger partial charge in [0.15, 0.2) is 0 Å². The number of furan rings is 1. The van der Waals surface area contributed by atoms with Crippen molar-refractivity contribution >= 4 is 0 Å². The molecule has 18 heavy (non-hydrogen) atoms. The Morgan fingerprint density at radius 1 is 1.22 bits per heavy atom. The van der Waals surface area contributed by atoms with Gasteiger partial charge in [-0.1, -0.05) is 29.8 Å². The van der Waals surface area contributed by atoms with Gasteiger partial charge in [0.05, 0.1) is 0 Å². The average Bonchev–Trinajstić information content (AvgIpc) is 2.84. The van der Waals surface area contributed by atoms with Crippen molar-refractivity contribution < 1.29 is 14.6 Å². The van der Waals surface area contributed by atoms with Crippen LogP contribution in [0.15, 0.2) is 40.8 Å². The molecule has 2 aromatic rings. The molecule has 1 unspecified atom stereocenters. The Kier molecular flexibility index (Phi) is 4.18. The van der Waals surface area contributed by atoms with E-state index in [0.29, 0.717) is 18.6 Å². The lowest BCUT2D eigenvalue weighted by Gasteiger charge is -2.08. The highest BCUT2D eigenvalue weighted by atomic mass is 16.4. The van der Waals surface area contributed by atoms with Gasteiger partial charge in [-0.2, -0.15) is 0 Å². The van der Waals surface area contributed by atoms with Crippen molar-refractivity contribution in [1.29, 1.82) is 0 Å². The molecule has 0 spiro atoms. The van der Waals surface area contributed by atoms with Crippen LogP contribution < -0.4 is 0 Å². The van der Waals surface area contributed by atoms with Crippen molar-refractivity contribution in [3.8, 4) is 0 Å². The van der Waals surface area contributed by atoms with E-state index in [1.807, 2.05) is 37.3 Å². The fourth-order valence-electron chi connectivity index (χ4n) is 1.93. The topological polar surface area (TPSA) is 53.6 Å². The van der Waals surface area contributed by atoms with Crippen LogP contribution in [0.1, 0.15) is 35.2 Å². The van der Waals surface area contributed by atoms with Crippen LogP contribution in [-0.2, 0) is 6.42 Å². The van der Waals surface area contributed by atoms with E-state index in [9.17, 15) is 5.11 Å². The first kappa shape index (κ1) is 12.9. The largest absolute Gasteiger partial charge is 0.463 e. The Balaban J connectivity index is 2.13. The molecular formula is C15H18O3. The van der Waals surface area contributed by atoms with Crippen LogP contribution in [0.2, 0.25) is 0 Å². The van der Waals surface area contributed by atoms with Gasteiger partial charge in [-0.15, -0.1) is 0 Å². The minimum atomic E-state index is -0.729. The first-order chi connectivity index (χ1) is 8.70. The van der Waals surface area contributed by atoms with Crippen LogP contribution in [0.4, 0.5) is 0 Å². The number of aliphatic hydroxyl groups excluding tert-OH is 2. The zero-order valence-corrected chi connectivity index (χ0v) is 10.5. The van der Waals surface area contributed by atoms with Gasteiger partial charge in [0, 0.05) is 13.0 Å². The van der Waals surface area contributed by atoms with Gasteiger partial charge in [-0.25, -0.2) is 0 Å². The van der Waals surface area contributed by atoms with E-state index < -0.39 is 6.10 Å². The molecule has 0 saturated carbocycles. The zero-order valence-electron chi connectivity index (χ0n) is 10.5. The SMILES string of the molecule is Cc1cccc(C(O)c2ccc(CCCO)o2)c1. The quantitative estimate of drug-likeness (QED) is 0.852. The molecule has 3 nitrogen and oxygen atoms in total. The van der Waals surface area contributed by atoms with Crippen LogP contribution in [0.5, 0.6) is 0 Å². The zero-order chi connectivity index (χ0) is 13.0. The molecule has 0 radical (unpaired) electrons. The molecule has 96 valence electrons. The molecule has 1 aromatic heterocycles. The van der Waals surface area contributed by atoms with E-state index in [1.165, 1.54) is 0 Å². The summed E-state index contributed by atoms with van der Waals surface area (Å²) in [5.41, 5.74) is 1.94. The second-order valence-corrected chi connectivity index (χ2v) is 4.45. The van der Waals surface area contributed by atoms with Gasteiger partial charge in [0.1, 0.15) is 17.6 Å².